The van der Waals surface area contributed by atoms with Crippen molar-refractivity contribution in [3.63, 3.8) is 0 Å². The molecule has 1 heterocycles. The molecule has 0 unspecified atom stereocenters. The highest BCUT2D eigenvalue weighted by Crippen LogP contribution is 2.38. The Morgan fingerprint density at radius 3 is 2.26 bits per heavy atom. The van der Waals surface area contributed by atoms with Crippen LogP contribution in [0.2, 0.25) is 15.1 Å². The minimum Gasteiger partial charge on any atom is -0.318 e. The Morgan fingerprint density at radius 2 is 1.62 bits per heavy atom. The number of hydrogen-bond acceptors (Lipinski definition) is 4. The third-order valence-corrected chi connectivity index (χ3v) is 9.04. The molecule has 3 aromatic carbocycles. The van der Waals surface area contributed by atoms with Crippen LogP contribution in [-0.4, -0.2) is 31.7 Å². The fourth-order valence-corrected chi connectivity index (χ4v) is 6.15. The summed E-state index contributed by atoms with van der Waals surface area (Å²) in [5, 5.41) is 4.12. The Balaban J connectivity index is 1.61. The lowest BCUT2D eigenvalue weighted by Crippen LogP contribution is -2.39. The van der Waals surface area contributed by atoms with E-state index in [-0.39, 0.29) is 4.90 Å². The molecule has 1 amide bonds. The predicted octanol–water partition coefficient (Wildman–Crippen LogP) is 7.42. The molecule has 0 atom stereocenters. The molecule has 220 valence electrons. The zero-order chi connectivity index (χ0) is 30.8. The first-order valence-corrected chi connectivity index (χ1v) is 14.7. The largest absolute Gasteiger partial charge is 0.417 e. The summed E-state index contributed by atoms with van der Waals surface area (Å²) >= 11 is 17.9. The fourth-order valence-electron chi connectivity index (χ4n) is 4.20. The number of aromatic nitrogens is 1. The number of aryl methyl sites for hydroxylation is 1. The van der Waals surface area contributed by atoms with Crippen molar-refractivity contribution in [2.75, 3.05) is 10.8 Å². The molecular weight excluding hydrogens is 636 g/mol. The lowest BCUT2D eigenvalue weighted by atomic mass is 10.2. The van der Waals surface area contributed by atoms with Crippen LogP contribution in [0.4, 0.5) is 18.9 Å². The molecule has 1 aromatic heterocycles. The molecule has 0 spiro atoms. The zero-order valence-electron chi connectivity index (χ0n) is 22.0. The minimum atomic E-state index is -4.86. The number of benzene rings is 3. The van der Waals surface area contributed by atoms with Gasteiger partial charge in [0.25, 0.3) is 15.9 Å². The molecule has 4 aromatic rings. The van der Waals surface area contributed by atoms with E-state index in [1.165, 1.54) is 30.5 Å². The van der Waals surface area contributed by atoms with Crippen molar-refractivity contribution < 1.29 is 26.4 Å². The van der Waals surface area contributed by atoms with E-state index in [1.807, 2.05) is 24.5 Å². The van der Waals surface area contributed by atoms with Crippen molar-refractivity contribution in [2.24, 2.45) is 5.10 Å². The topological polar surface area (TPSA) is 83.8 Å². The van der Waals surface area contributed by atoms with E-state index in [9.17, 15) is 26.4 Å². The molecule has 14 heteroatoms. The summed E-state index contributed by atoms with van der Waals surface area (Å²) in [4.78, 5) is 12.7. The van der Waals surface area contributed by atoms with Crippen LogP contribution in [0.5, 0.6) is 0 Å². The molecule has 4 rings (SSSR count). The highest BCUT2D eigenvalue weighted by Gasteiger charge is 2.35. The second kappa shape index (κ2) is 12.4. The number of halogens is 6. The number of hydrogen-bond donors (Lipinski definition) is 1. The minimum absolute atomic E-state index is 0.223. The smallest absolute Gasteiger partial charge is 0.318 e. The fraction of sp³-hybridized carbons (Fsp3) is 0.143. The summed E-state index contributed by atoms with van der Waals surface area (Å²) in [6.07, 6.45) is -3.49. The van der Waals surface area contributed by atoms with Crippen LogP contribution < -0.4 is 9.73 Å². The van der Waals surface area contributed by atoms with Crippen molar-refractivity contribution in [3.05, 3.63) is 110 Å². The van der Waals surface area contributed by atoms with Crippen molar-refractivity contribution in [1.29, 1.82) is 0 Å². The van der Waals surface area contributed by atoms with E-state index in [1.54, 1.807) is 24.3 Å². The molecule has 1 N–H and O–H groups in total. The first kappa shape index (κ1) is 31.4. The summed E-state index contributed by atoms with van der Waals surface area (Å²) in [5.41, 5.74) is 3.60. The predicted molar refractivity (Wildman–Crippen MR) is 158 cm³/mol. The second-order valence-electron chi connectivity index (χ2n) is 9.04. The Hall–Kier alpha value is -3.51. The van der Waals surface area contributed by atoms with Crippen LogP contribution in [0.15, 0.2) is 82.8 Å². The Labute approximate surface area is 255 Å². The zero-order valence-corrected chi connectivity index (χ0v) is 25.0. The summed E-state index contributed by atoms with van der Waals surface area (Å²) in [7, 11) is -4.46. The maximum atomic E-state index is 13.5. The van der Waals surface area contributed by atoms with Crippen LogP contribution in [0.25, 0.3) is 5.69 Å². The first-order valence-electron chi connectivity index (χ1n) is 12.1. The lowest BCUT2D eigenvalue weighted by molar-refractivity contribution is -0.137. The van der Waals surface area contributed by atoms with Gasteiger partial charge < -0.3 is 4.57 Å². The third-order valence-electron chi connectivity index (χ3n) is 6.19. The van der Waals surface area contributed by atoms with Gasteiger partial charge in [0.2, 0.25) is 0 Å². The van der Waals surface area contributed by atoms with Gasteiger partial charge in [-0.2, -0.15) is 18.3 Å². The van der Waals surface area contributed by atoms with Gasteiger partial charge in [-0.05, 0) is 68.4 Å². The average molecular weight is 658 g/mol. The Morgan fingerprint density at radius 1 is 0.952 bits per heavy atom. The number of rotatable bonds is 8. The number of alkyl halides is 3. The molecule has 0 saturated carbocycles. The summed E-state index contributed by atoms with van der Waals surface area (Å²) in [5.74, 6) is -0.896. The molecule has 0 aliphatic heterocycles. The van der Waals surface area contributed by atoms with Crippen LogP contribution in [0.1, 0.15) is 22.5 Å². The second-order valence-corrected chi connectivity index (χ2v) is 12.1. The van der Waals surface area contributed by atoms with Gasteiger partial charge in [-0.3, -0.25) is 9.10 Å². The molecule has 0 bridgehead atoms. The number of amides is 1. The summed E-state index contributed by atoms with van der Waals surface area (Å²) < 4.78 is 70.0. The van der Waals surface area contributed by atoms with Crippen LogP contribution in [0, 0.1) is 13.8 Å². The van der Waals surface area contributed by atoms with Crippen LogP contribution in [0.3, 0.4) is 0 Å². The van der Waals surface area contributed by atoms with Crippen molar-refractivity contribution in [1.82, 2.24) is 9.99 Å². The lowest BCUT2D eigenvalue weighted by Gasteiger charge is -2.24. The maximum absolute atomic E-state index is 13.5. The summed E-state index contributed by atoms with van der Waals surface area (Å²) in [6.45, 7) is 2.82. The van der Waals surface area contributed by atoms with Crippen molar-refractivity contribution in [2.45, 2.75) is 24.9 Å². The van der Waals surface area contributed by atoms with E-state index < -0.39 is 44.9 Å². The molecule has 0 radical (unpaired) electrons. The normalized spacial score (nSPS) is 12.1. The van der Waals surface area contributed by atoms with Gasteiger partial charge in [-0.15, -0.1) is 0 Å². The van der Waals surface area contributed by atoms with Gasteiger partial charge in [0.05, 0.1) is 37.4 Å². The van der Waals surface area contributed by atoms with E-state index >= 15 is 0 Å². The number of carbonyl (C=O) groups is 1. The quantitative estimate of drug-likeness (QED) is 0.158. The number of carbonyl (C=O) groups excluding carboxylic acids is 1. The van der Waals surface area contributed by atoms with Crippen molar-refractivity contribution in [3.8, 4) is 5.69 Å². The molecule has 7 nitrogen and oxygen atoms in total. The third kappa shape index (κ3) is 6.75. The number of nitrogens with one attached hydrogen (secondary N) is 1. The molecule has 0 saturated heterocycles. The molecule has 0 fully saturated rings. The van der Waals surface area contributed by atoms with E-state index in [0.717, 1.165) is 29.2 Å². The van der Waals surface area contributed by atoms with E-state index in [0.29, 0.717) is 26.0 Å². The highest BCUT2D eigenvalue weighted by atomic mass is 35.5. The van der Waals surface area contributed by atoms with Gasteiger partial charge >= 0.3 is 6.18 Å². The maximum Gasteiger partial charge on any atom is 0.417 e. The van der Waals surface area contributed by atoms with E-state index in [4.69, 9.17) is 34.8 Å². The number of hydrazone groups is 1. The number of sulfonamides is 1. The monoisotopic (exact) mass is 656 g/mol. The van der Waals surface area contributed by atoms with Crippen LogP contribution >= 0.6 is 34.8 Å². The van der Waals surface area contributed by atoms with Crippen molar-refractivity contribution >= 4 is 62.6 Å². The van der Waals surface area contributed by atoms with Gasteiger partial charge in [0, 0.05) is 22.6 Å². The highest BCUT2D eigenvalue weighted by molar-refractivity contribution is 7.92. The number of nitrogens with zero attached hydrogens (tertiary/aromatic N) is 3. The standard InChI is InChI=1S/C28H22Cl3F3N4O3S/c1-17-12-19(18(2)38(17)21-9-11-25(30)26(31)14-21)15-35-36-27(39)16-37(42(40,41)22-6-4-3-5-7-22)20-8-10-24(29)23(13-20)28(32,33)34/h3-15H,16H2,1-2H3,(H,36,39)/b35-15-. The molecule has 0 aliphatic carbocycles. The van der Waals surface area contributed by atoms with E-state index in [2.05, 4.69) is 10.5 Å². The summed E-state index contributed by atoms with van der Waals surface area (Å²) in [6, 6.07) is 16.6. The van der Waals surface area contributed by atoms with Gasteiger partial charge in [-0.25, -0.2) is 13.8 Å². The van der Waals surface area contributed by atoms with Gasteiger partial charge in [0.1, 0.15) is 6.54 Å². The SMILES string of the molecule is Cc1cc(/C=N\NC(=O)CN(c2ccc(Cl)c(C(F)(F)F)c2)S(=O)(=O)c2ccccc2)c(C)n1-c1ccc(Cl)c(Cl)c1. The van der Waals surface area contributed by atoms with Gasteiger partial charge in [-0.1, -0.05) is 53.0 Å². The number of anilines is 1. The first-order chi connectivity index (χ1) is 19.7. The average Bonchev–Trinajstić information content (AvgIpc) is 3.21. The van der Waals surface area contributed by atoms with Crippen LogP contribution in [-0.2, 0) is 21.0 Å². The molecule has 42 heavy (non-hydrogen) atoms. The van der Waals surface area contributed by atoms with Gasteiger partial charge in [0.15, 0.2) is 0 Å². The molecular formula is C28H22Cl3F3N4O3S. The molecule has 0 aliphatic rings. The Bertz CT molecular complexity index is 1780. The Kier molecular flexibility index (Phi) is 9.27.